The highest BCUT2D eigenvalue weighted by Crippen LogP contribution is 2.39. The van der Waals surface area contributed by atoms with Crippen LogP contribution in [0.5, 0.6) is 0 Å². The van der Waals surface area contributed by atoms with E-state index in [9.17, 15) is 9.59 Å². The van der Waals surface area contributed by atoms with Gasteiger partial charge in [-0.3, -0.25) is 5.32 Å². The third-order valence-corrected chi connectivity index (χ3v) is 8.01. The molecule has 0 spiro atoms. The van der Waals surface area contributed by atoms with Gasteiger partial charge in [-0.25, -0.2) is 9.59 Å². The van der Waals surface area contributed by atoms with Crippen molar-refractivity contribution in [1.82, 2.24) is 5.32 Å². The molecule has 1 heterocycles. The zero-order valence-electron chi connectivity index (χ0n) is 20.9. The van der Waals surface area contributed by atoms with Gasteiger partial charge in [0.2, 0.25) is 3.79 Å². The lowest BCUT2D eigenvalue weighted by Gasteiger charge is -2.37. The minimum Gasteiger partial charge on any atom is -0.462 e. The van der Waals surface area contributed by atoms with E-state index in [0.29, 0.717) is 28.0 Å². The van der Waals surface area contributed by atoms with Crippen molar-refractivity contribution in [2.75, 3.05) is 11.9 Å². The van der Waals surface area contributed by atoms with Crippen LogP contribution in [0.3, 0.4) is 0 Å². The van der Waals surface area contributed by atoms with Gasteiger partial charge in [-0.05, 0) is 43.1 Å². The van der Waals surface area contributed by atoms with E-state index < -0.39 is 22.0 Å². The molecule has 3 rings (SSSR count). The van der Waals surface area contributed by atoms with E-state index in [-0.39, 0.29) is 18.6 Å². The minimum absolute atomic E-state index is 0.206. The summed E-state index contributed by atoms with van der Waals surface area (Å²) >= 11 is 20.0. The number of benzene rings is 1. The monoisotopic (exact) mass is 574 g/mol. The zero-order valence-corrected chi connectivity index (χ0v) is 23.9. The molecular formula is C26H33Cl3N2O4S. The highest BCUT2D eigenvalue weighted by Gasteiger charge is 2.38. The summed E-state index contributed by atoms with van der Waals surface area (Å²) < 4.78 is 9.20. The largest absolute Gasteiger partial charge is 0.462 e. The Kier molecular flexibility index (Phi) is 10.2. The number of hydrogen-bond acceptors (Lipinski definition) is 6. The van der Waals surface area contributed by atoms with Gasteiger partial charge >= 0.3 is 12.1 Å². The Morgan fingerprint density at radius 1 is 1.17 bits per heavy atom. The van der Waals surface area contributed by atoms with E-state index in [1.807, 2.05) is 35.7 Å². The number of hydrogen-bond donors (Lipinski definition) is 2. The Bertz CT molecular complexity index is 1030. The summed E-state index contributed by atoms with van der Waals surface area (Å²) in [5.41, 5.74) is 1.83. The molecule has 1 aromatic heterocycles. The first-order chi connectivity index (χ1) is 17.0. The molecule has 0 bridgehead atoms. The molecule has 0 aliphatic heterocycles. The molecule has 4 atom stereocenters. The molecule has 36 heavy (non-hydrogen) atoms. The molecule has 1 aliphatic carbocycles. The second kappa shape index (κ2) is 12.7. The highest BCUT2D eigenvalue weighted by molar-refractivity contribution is 7.15. The topological polar surface area (TPSA) is 76.7 Å². The van der Waals surface area contributed by atoms with Gasteiger partial charge in [0.05, 0.1) is 6.61 Å². The van der Waals surface area contributed by atoms with Crippen LogP contribution < -0.4 is 10.6 Å². The van der Waals surface area contributed by atoms with E-state index >= 15 is 0 Å². The van der Waals surface area contributed by atoms with Crippen molar-refractivity contribution in [3.63, 3.8) is 0 Å². The molecule has 10 heteroatoms. The summed E-state index contributed by atoms with van der Waals surface area (Å²) in [7, 11) is 0. The summed E-state index contributed by atoms with van der Waals surface area (Å²) in [4.78, 5) is 25.8. The van der Waals surface area contributed by atoms with Crippen molar-refractivity contribution in [3.05, 3.63) is 41.3 Å². The number of alkyl carbamates (subject to hydrolysis) is 1. The standard InChI is InChI=1S/C26H33Cl3N2O4S/c1-5-34-23(32)21-19(17-9-7-6-8-10-17)14-36-22(21)30-24(26(27,28)29)31-25(33)35-20-13-16(4)11-12-18(20)15(2)3/h6-10,14-16,18,20,24,30H,5,11-13H2,1-4H3,(H,31,33)/t16-,18-,20-,24-/m1/s1. The number of anilines is 1. The molecule has 0 radical (unpaired) electrons. The minimum atomic E-state index is -1.93. The fourth-order valence-corrected chi connectivity index (χ4v) is 5.88. The van der Waals surface area contributed by atoms with Crippen LogP contribution >= 0.6 is 46.1 Å². The van der Waals surface area contributed by atoms with Crippen LogP contribution in [0.1, 0.15) is 57.3 Å². The van der Waals surface area contributed by atoms with Crippen LogP contribution in [0.25, 0.3) is 11.1 Å². The van der Waals surface area contributed by atoms with Crippen LogP contribution in [-0.2, 0) is 9.47 Å². The van der Waals surface area contributed by atoms with E-state index in [1.54, 1.807) is 6.92 Å². The Morgan fingerprint density at radius 2 is 1.86 bits per heavy atom. The van der Waals surface area contributed by atoms with Gasteiger partial charge in [-0.2, -0.15) is 0 Å². The fraction of sp³-hybridized carbons (Fsp3) is 0.538. The maximum atomic E-state index is 12.9. The summed E-state index contributed by atoms with van der Waals surface area (Å²) in [6, 6.07) is 9.45. The van der Waals surface area contributed by atoms with E-state index in [0.717, 1.165) is 24.8 Å². The van der Waals surface area contributed by atoms with Crippen LogP contribution in [0, 0.1) is 17.8 Å². The maximum Gasteiger partial charge on any atom is 0.409 e. The number of esters is 1. The van der Waals surface area contributed by atoms with Crippen molar-refractivity contribution in [2.24, 2.45) is 17.8 Å². The molecule has 1 amide bonds. The van der Waals surface area contributed by atoms with Gasteiger partial charge in [0, 0.05) is 10.9 Å². The van der Waals surface area contributed by atoms with Crippen LogP contribution in [0.4, 0.5) is 9.80 Å². The first-order valence-corrected chi connectivity index (χ1v) is 14.2. The number of carbonyl (C=O) groups excluding carboxylic acids is 2. The maximum absolute atomic E-state index is 12.9. The number of thiophene rings is 1. The predicted octanol–water partition coefficient (Wildman–Crippen LogP) is 7.89. The Labute approximate surface area is 232 Å². The fourth-order valence-electron chi connectivity index (χ4n) is 4.57. The smallest absolute Gasteiger partial charge is 0.409 e. The van der Waals surface area contributed by atoms with E-state index in [4.69, 9.17) is 44.3 Å². The molecule has 0 unspecified atom stereocenters. The molecule has 1 fully saturated rings. The average Bonchev–Trinajstić information content (AvgIpc) is 3.22. The normalized spacial score (nSPS) is 21.1. The highest BCUT2D eigenvalue weighted by atomic mass is 35.6. The lowest BCUT2D eigenvalue weighted by atomic mass is 9.75. The van der Waals surface area contributed by atoms with Crippen LogP contribution in [0.2, 0.25) is 0 Å². The number of carbonyl (C=O) groups is 2. The summed E-state index contributed by atoms with van der Waals surface area (Å²) in [5.74, 6) is 0.607. The quantitative estimate of drug-likeness (QED) is 0.190. The van der Waals surface area contributed by atoms with Gasteiger partial charge in [0.15, 0.2) is 6.17 Å². The third-order valence-electron chi connectivity index (χ3n) is 6.44. The second-order valence-electron chi connectivity index (χ2n) is 9.47. The molecule has 1 saturated carbocycles. The first-order valence-electron chi connectivity index (χ1n) is 12.2. The molecule has 198 valence electrons. The lowest BCUT2D eigenvalue weighted by molar-refractivity contribution is 0.00534. The summed E-state index contributed by atoms with van der Waals surface area (Å²) in [6.45, 7) is 8.38. The number of alkyl halides is 3. The van der Waals surface area contributed by atoms with Crippen molar-refractivity contribution in [1.29, 1.82) is 0 Å². The van der Waals surface area contributed by atoms with Gasteiger partial charge in [0.25, 0.3) is 0 Å². The molecule has 1 aromatic carbocycles. The van der Waals surface area contributed by atoms with Crippen LogP contribution in [-0.4, -0.2) is 34.7 Å². The van der Waals surface area contributed by atoms with Crippen molar-refractivity contribution in [2.45, 2.75) is 63.0 Å². The Hall–Kier alpha value is -1.67. The van der Waals surface area contributed by atoms with Gasteiger partial charge < -0.3 is 14.8 Å². The van der Waals surface area contributed by atoms with E-state index in [1.165, 1.54) is 11.3 Å². The van der Waals surface area contributed by atoms with Crippen molar-refractivity contribution in [3.8, 4) is 11.1 Å². The molecule has 6 nitrogen and oxygen atoms in total. The molecule has 0 saturated heterocycles. The molecular weight excluding hydrogens is 543 g/mol. The second-order valence-corrected chi connectivity index (χ2v) is 12.7. The number of ether oxygens (including phenoxy) is 2. The first kappa shape index (κ1) is 28.9. The van der Waals surface area contributed by atoms with E-state index in [2.05, 4.69) is 31.4 Å². The Balaban J connectivity index is 1.83. The zero-order chi connectivity index (χ0) is 26.5. The van der Waals surface area contributed by atoms with Gasteiger partial charge in [0.1, 0.15) is 16.7 Å². The number of amides is 1. The van der Waals surface area contributed by atoms with Crippen molar-refractivity contribution >= 4 is 63.2 Å². The number of rotatable bonds is 8. The molecule has 2 aromatic rings. The Morgan fingerprint density at radius 3 is 2.47 bits per heavy atom. The van der Waals surface area contributed by atoms with Crippen molar-refractivity contribution < 1.29 is 19.1 Å². The third kappa shape index (κ3) is 7.44. The van der Waals surface area contributed by atoms with Crippen LogP contribution in [0.15, 0.2) is 35.7 Å². The lowest BCUT2D eigenvalue weighted by Crippen LogP contribution is -2.50. The van der Waals surface area contributed by atoms with Gasteiger partial charge in [-0.1, -0.05) is 92.3 Å². The predicted molar refractivity (Wildman–Crippen MR) is 148 cm³/mol. The number of halogens is 3. The number of nitrogens with one attached hydrogen (secondary N) is 2. The molecule has 1 aliphatic rings. The average molecular weight is 576 g/mol. The van der Waals surface area contributed by atoms with Gasteiger partial charge in [-0.15, -0.1) is 11.3 Å². The summed E-state index contributed by atoms with van der Waals surface area (Å²) in [5, 5.41) is 7.94. The summed E-state index contributed by atoms with van der Waals surface area (Å²) in [6.07, 6.45) is 0.849. The SMILES string of the molecule is CCOC(=O)c1c(-c2ccccc2)csc1N[C@H](NC(=O)O[C@@H]1C[C@H](C)CC[C@@H]1C(C)C)C(Cl)(Cl)Cl. The molecule has 2 N–H and O–H groups in total.